The highest BCUT2D eigenvalue weighted by atomic mass is 16.5. The summed E-state index contributed by atoms with van der Waals surface area (Å²) >= 11 is 0. The molecule has 8 heteroatoms. The van der Waals surface area contributed by atoms with Crippen molar-refractivity contribution in [3.05, 3.63) is 72.3 Å². The first-order valence-electron chi connectivity index (χ1n) is 13.4. The minimum absolute atomic E-state index is 0.176. The molecule has 0 bridgehead atoms. The summed E-state index contributed by atoms with van der Waals surface area (Å²) in [6, 6.07) is 19.5. The molecule has 1 aromatic heterocycles. The molecule has 3 aromatic carbocycles. The van der Waals surface area contributed by atoms with E-state index in [4.69, 9.17) is 23.4 Å². The molecule has 0 saturated carbocycles. The summed E-state index contributed by atoms with van der Waals surface area (Å²) in [7, 11) is 1.53. The number of oxazole rings is 1. The summed E-state index contributed by atoms with van der Waals surface area (Å²) in [4.78, 5) is 29.0. The minimum Gasteiger partial charge on any atom is -0.493 e. The summed E-state index contributed by atoms with van der Waals surface area (Å²) in [5.74, 6) is 1.23. The lowest BCUT2D eigenvalue weighted by molar-refractivity contribution is -0.153. The second kappa shape index (κ2) is 13.2. The van der Waals surface area contributed by atoms with Crippen LogP contribution in [0.2, 0.25) is 0 Å². The van der Waals surface area contributed by atoms with Crippen LogP contribution in [0.5, 0.6) is 17.2 Å². The molecule has 0 atom stereocenters. The number of rotatable bonds is 12. The number of hydrogen-bond donors (Lipinski definition) is 0. The van der Waals surface area contributed by atoms with Crippen LogP contribution in [0.1, 0.15) is 56.8 Å². The first kappa shape index (κ1) is 28.7. The smallest absolute Gasteiger partial charge is 0.343 e. The van der Waals surface area contributed by atoms with Gasteiger partial charge in [0.25, 0.3) is 0 Å². The number of carbonyl (C=O) groups is 2. The van der Waals surface area contributed by atoms with Gasteiger partial charge in [-0.15, -0.1) is 0 Å². The third-order valence-corrected chi connectivity index (χ3v) is 6.15. The summed E-state index contributed by atoms with van der Waals surface area (Å²) in [5, 5.41) is 0. The highest BCUT2D eigenvalue weighted by Gasteiger charge is 2.22. The maximum absolute atomic E-state index is 12.8. The van der Waals surface area contributed by atoms with E-state index in [0.717, 1.165) is 36.8 Å². The Hall–Kier alpha value is -4.33. The van der Waals surface area contributed by atoms with Crippen LogP contribution >= 0.6 is 0 Å². The van der Waals surface area contributed by atoms with Crippen LogP contribution in [-0.2, 0) is 9.53 Å². The zero-order chi connectivity index (χ0) is 28.5. The molecule has 1 heterocycles. The number of benzene rings is 3. The van der Waals surface area contributed by atoms with Crippen LogP contribution in [0.15, 0.2) is 71.1 Å². The number of methoxy groups -OCH3 is 1. The van der Waals surface area contributed by atoms with Gasteiger partial charge in [0, 0.05) is 5.56 Å². The van der Waals surface area contributed by atoms with Gasteiger partial charge in [-0.05, 0) is 101 Å². The van der Waals surface area contributed by atoms with Crippen molar-refractivity contribution in [2.75, 3.05) is 20.3 Å². The third-order valence-electron chi connectivity index (χ3n) is 6.15. The number of ether oxygens (including phenoxy) is 4. The number of hydrogen-bond acceptors (Lipinski definition) is 8. The Balaban J connectivity index is 1.23. The number of nitrogens with zero attached hydrogens (tertiary/aromatic N) is 1. The van der Waals surface area contributed by atoms with Crippen molar-refractivity contribution in [3.8, 4) is 28.7 Å². The van der Waals surface area contributed by atoms with Gasteiger partial charge in [0.05, 0.1) is 31.3 Å². The molecule has 0 aliphatic carbocycles. The largest absolute Gasteiger partial charge is 0.493 e. The van der Waals surface area contributed by atoms with Crippen LogP contribution in [0.25, 0.3) is 22.6 Å². The van der Waals surface area contributed by atoms with Gasteiger partial charge in [-0.2, -0.15) is 0 Å². The fraction of sp³-hybridized carbons (Fsp3) is 0.344. The fourth-order valence-electron chi connectivity index (χ4n) is 3.86. The van der Waals surface area contributed by atoms with Crippen molar-refractivity contribution >= 4 is 23.0 Å². The Kier molecular flexibility index (Phi) is 9.43. The van der Waals surface area contributed by atoms with Gasteiger partial charge in [-0.25, -0.2) is 9.78 Å². The van der Waals surface area contributed by atoms with Crippen LogP contribution < -0.4 is 14.2 Å². The topological polar surface area (TPSA) is 97.1 Å². The molecule has 0 radical (unpaired) electrons. The van der Waals surface area contributed by atoms with Crippen LogP contribution in [0.4, 0.5) is 0 Å². The van der Waals surface area contributed by atoms with Crippen LogP contribution in [0.3, 0.4) is 0 Å². The van der Waals surface area contributed by atoms with Gasteiger partial charge in [-0.3, -0.25) is 4.79 Å². The van der Waals surface area contributed by atoms with Gasteiger partial charge < -0.3 is 23.4 Å². The number of para-hydroxylation sites is 2. The van der Waals surface area contributed by atoms with E-state index in [9.17, 15) is 9.59 Å². The predicted molar refractivity (Wildman–Crippen MR) is 152 cm³/mol. The van der Waals surface area contributed by atoms with Crippen molar-refractivity contribution in [3.63, 3.8) is 0 Å². The second-order valence-electron chi connectivity index (χ2n) is 10.4. The highest BCUT2D eigenvalue weighted by molar-refractivity contribution is 5.92. The molecule has 0 unspecified atom stereocenters. The van der Waals surface area contributed by atoms with Gasteiger partial charge in [0.1, 0.15) is 11.3 Å². The molecule has 0 N–H and O–H groups in total. The van der Waals surface area contributed by atoms with Crippen LogP contribution in [-0.4, -0.2) is 37.2 Å². The van der Waals surface area contributed by atoms with Gasteiger partial charge in [-0.1, -0.05) is 12.1 Å². The molecule has 8 nitrogen and oxygen atoms in total. The van der Waals surface area contributed by atoms with E-state index in [1.807, 2.05) is 45.0 Å². The van der Waals surface area contributed by atoms with Crippen LogP contribution in [0, 0.1) is 5.41 Å². The monoisotopic (exact) mass is 545 g/mol. The zero-order valence-electron chi connectivity index (χ0n) is 23.4. The van der Waals surface area contributed by atoms with Gasteiger partial charge in [0.15, 0.2) is 17.1 Å². The molecule has 4 rings (SSSR count). The van der Waals surface area contributed by atoms with Gasteiger partial charge >= 0.3 is 11.9 Å². The van der Waals surface area contributed by atoms with E-state index in [0.29, 0.717) is 47.5 Å². The summed E-state index contributed by atoms with van der Waals surface area (Å²) < 4.78 is 27.9. The van der Waals surface area contributed by atoms with E-state index in [1.54, 1.807) is 42.5 Å². The molecule has 210 valence electrons. The minimum atomic E-state index is -0.508. The Bertz CT molecular complexity index is 1400. The van der Waals surface area contributed by atoms with E-state index in [1.165, 1.54) is 7.11 Å². The number of unbranched alkanes of at least 4 members (excludes halogenated alkanes) is 3. The van der Waals surface area contributed by atoms with Crippen molar-refractivity contribution in [2.24, 2.45) is 5.41 Å². The first-order valence-corrected chi connectivity index (χ1v) is 13.4. The molecular weight excluding hydrogens is 510 g/mol. The Labute approximate surface area is 234 Å². The van der Waals surface area contributed by atoms with Crippen molar-refractivity contribution in [1.82, 2.24) is 4.98 Å². The average Bonchev–Trinajstić information content (AvgIpc) is 3.38. The highest BCUT2D eigenvalue weighted by Crippen LogP contribution is 2.30. The molecule has 0 saturated heterocycles. The second-order valence-corrected chi connectivity index (χ2v) is 10.4. The number of esters is 2. The van der Waals surface area contributed by atoms with E-state index >= 15 is 0 Å². The molecule has 0 fully saturated rings. The lowest BCUT2D eigenvalue weighted by Crippen LogP contribution is -2.23. The van der Waals surface area contributed by atoms with Gasteiger partial charge in [0.2, 0.25) is 5.89 Å². The molecule has 0 spiro atoms. The Morgan fingerprint density at radius 2 is 1.57 bits per heavy atom. The van der Waals surface area contributed by atoms with E-state index < -0.39 is 11.4 Å². The van der Waals surface area contributed by atoms with E-state index in [2.05, 4.69) is 4.98 Å². The van der Waals surface area contributed by atoms with Crippen molar-refractivity contribution in [1.29, 1.82) is 0 Å². The predicted octanol–water partition coefficient (Wildman–Crippen LogP) is 7.25. The molecule has 40 heavy (non-hydrogen) atoms. The van der Waals surface area contributed by atoms with Crippen molar-refractivity contribution < 1.29 is 33.0 Å². The number of fused-ring (bicyclic) bond motifs is 1. The average molecular weight is 546 g/mol. The zero-order valence-corrected chi connectivity index (χ0v) is 23.4. The number of carbonyl (C=O) groups excluding carboxylic acids is 2. The maximum Gasteiger partial charge on any atom is 0.343 e. The fourth-order valence-corrected chi connectivity index (χ4v) is 3.86. The SMILES string of the molecule is COc1cc(C(=O)Oc2ccc(-c3nc4ccccc4o3)cc2)ccc1OCCCCCCOC(=O)C(C)(C)C. The lowest BCUT2D eigenvalue weighted by atomic mass is 9.97. The standard InChI is InChI=1S/C32H35NO7/c1-32(2,3)31(35)38-20-10-6-5-9-19-37-27-18-15-23(21-28(27)36-4)30(34)39-24-16-13-22(14-17-24)29-33-25-11-7-8-12-26(25)40-29/h7-8,11-18,21H,5-6,9-10,19-20H2,1-4H3. The Morgan fingerprint density at radius 1 is 0.850 bits per heavy atom. The quantitative estimate of drug-likeness (QED) is 0.104. The van der Waals surface area contributed by atoms with E-state index in [-0.39, 0.29) is 5.97 Å². The third kappa shape index (κ3) is 7.62. The summed E-state index contributed by atoms with van der Waals surface area (Å²) in [5.41, 5.74) is 2.15. The first-order chi connectivity index (χ1) is 19.2. The molecule has 0 aliphatic heterocycles. The molecular formula is C32H35NO7. The number of aromatic nitrogens is 1. The normalized spacial score (nSPS) is 11.3. The lowest BCUT2D eigenvalue weighted by Gasteiger charge is -2.16. The molecule has 0 amide bonds. The molecule has 4 aromatic rings. The molecule has 0 aliphatic rings. The Morgan fingerprint density at radius 3 is 2.27 bits per heavy atom. The summed E-state index contributed by atoms with van der Waals surface area (Å²) in [6.45, 7) is 6.48. The summed E-state index contributed by atoms with van der Waals surface area (Å²) in [6.07, 6.45) is 3.56. The maximum atomic E-state index is 12.8. The van der Waals surface area contributed by atoms with Crippen molar-refractivity contribution in [2.45, 2.75) is 46.5 Å².